The molecule has 10 heteroatoms. The van der Waals surface area contributed by atoms with E-state index in [2.05, 4.69) is 10.1 Å². The van der Waals surface area contributed by atoms with Crippen LogP contribution in [0.4, 0.5) is 0 Å². The molecule has 2 heterocycles. The van der Waals surface area contributed by atoms with Crippen molar-refractivity contribution in [3.05, 3.63) is 21.2 Å². The fourth-order valence-corrected chi connectivity index (χ4v) is 3.09. The van der Waals surface area contributed by atoms with Crippen molar-refractivity contribution < 1.29 is 9.77 Å². The maximum Gasteiger partial charge on any atom is 0.277 e. The van der Waals surface area contributed by atoms with Gasteiger partial charge in [-0.3, -0.25) is 0 Å². The Morgan fingerprint density at radius 2 is 2.47 bits per heavy atom. The molecule has 1 fully saturated rings. The summed E-state index contributed by atoms with van der Waals surface area (Å²) in [6, 6.07) is 0. The first-order chi connectivity index (χ1) is 9.10. The van der Waals surface area contributed by atoms with Crippen molar-refractivity contribution in [1.29, 1.82) is 0 Å². The van der Waals surface area contributed by atoms with Crippen LogP contribution in [0.3, 0.4) is 0 Å². The molecule has 1 aliphatic heterocycles. The second kappa shape index (κ2) is 6.17. The van der Waals surface area contributed by atoms with Gasteiger partial charge in [0.05, 0.1) is 6.54 Å². The largest absolute Gasteiger partial charge is 0.341 e. The normalized spacial score (nSPS) is 18.1. The van der Waals surface area contributed by atoms with Gasteiger partial charge in [0.2, 0.25) is 0 Å². The molecule has 0 N–H and O–H groups in total. The molecule has 0 spiro atoms. The molecule has 104 valence electrons. The number of nitro groups is 1. The minimum absolute atomic E-state index is 0.281. The molecule has 0 aliphatic carbocycles. The maximum absolute atomic E-state index is 10.6. The van der Waals surface area contributed by atoms with Crippen molar-refractivity contribution in [1.82, 2.24) is 14.8 Å². The number of thioether (sulfide) groups is 1. The lowest BCUT2D eigenvalue weighted by Gasteiger charge is -2.34. The second-order valence-corrected chi connectivity index (χ2v) is 5.96. The molecule has 1 aromatic rings. The number of nitrogens with zero attached hydrogens (tertiary/aromatic N) is 5. The van der Waals surface area contributed by atoms with Crippen molar-refractivity contribution in [2.24, 2.45) is 5.10 Å². The van der Waals surface area contributed by atoms with E-state index in [-0.39, 0.29) is 6.73 Å². The number of ether oxygens (including phenoxy) is 1. The maximum atomic E-state index is 10.6. The van der Waals surface area contributed by atoms with Crippen molar-refractivity contribution in [2.75, 3.05) is 26.8 Å². The molecule has 2 rings (SSSR count). The summed E-state index contributed by atoms with van der Waals surface area (Å²) in [6.07, 6.45) is 3.73. The van der Waals surface area contributed by atoms with Gasteiger partial charge in [0, 0.05) is 18.1 Å². The molecule has 8 nitrogen and oxygen atoms in total. The smallest absolute Gasteiger partial charge is 0.277 e. The first-order valence-corrected chi connectivity index (χ1v) is 7.40. The van der Waals surface area contributed by atoms with E-state index in [1.807, 2.05) is 6.26 Å². The van der Waals surface area contributed by atoms with Crippen LogP contribution >= 0.6 is 23.1 Å². The number of rotatable bonds is 4. The summed E-state index contributed by atoms with van der Waals surface area (Å²) < 4.78 is 6.31. The van der Waals surface area contributed by atoms with Gasteiger partial charge in [0.25, 0.3) is 5.96 Å². The van der Waals surface area contributed by atoms with Gasteiger partial charge in [-0.05, 0) is 6.26 Å². The number of aromatic nitrogens is 1. The van der Waals surface area contributed by atoms with E-state index in [4.69, 9.17) is 4.74 Å². The van der Waals surface area contributed by atoms with Crippen molar-refractivity contribution >= 4 is 29.1 Å². The van der Waals surface area contributed by atoms with Crippen LogP contribution in [0, 0.1) is 10.1 Å². The number of thiazole rings is 1. The molecule has 0 amide bonds. The average molecular weight is 303 g/mol. The number of guanidine groups is 1. The summed E-state index contributed by atoms with van der Waals surface area (Å²) in [5.41, 5.74) is 0. The topological polar surface area (TPSA) is 84.1 Å². The van der Waals surface area contributed by atoms with E-state index in [1.54, 1.807) is 46.1 Å². The zero-order valence-corrected chi connectivity index (χ0v) is 12.1. The predicted molar refractivity (Wildman–Crippen MR) is 72.4 cm³/mol. The quantitative estimate of drug-likeness (QED) is 0.467. The summed E-state index contributed by atoms with van der Waals surface area (Å²) in [4.78, 5) is 19.1. The van der Waals surface area contributed by atoms with Gasteiger partial charge in [-0.25, -0.2) is 15.1 Å². The molecule has 0 bridgehead atoms. The summed E-state index contributed by atoms with van der Waals surface area (Å²) in [7, 11) is 1.70. The zero-order valence-electron chi connectivity index (χ0n) is 10.5. The van der Waals surface area contributed by atoms with Crippen LogP contribution in [0.5, 0.6) is 0 Å². The molecule has 1 aromatic heterocycles. The molecule has 0 unspecified atom stereocenters. The van der Waals surface area contributed by atoms with Crippen LogP contribution in [-0.2, 0) is 11.3 Å². The predicted octanol–water partition coefficient (Wildman–Crippen LogP) is 1.09. The van der Waals surface area contributed by atoms with Gasteiger partial charge < -0.3 is 14.5 Å². The average Bonchev–Trinajstić information content (AvgIpc) is 2.81. The van der Waals surface area contributed by atoms with Gasteiger partial charge in [0.15, 0.2) is 5.03 Å². The molecule has 1 saturated heterocycles. The Balaban J connectivity index is 2.14. The van der Waals surface area contributed by atoms with E-state index in [0.29, 0.717) is 19.2 Å². The molecule has 0 aromatic carbocycles. The molecule has 0 atom stereocenters. The van der Waals surface area contributed by atoms with E-state index in [1.165, 1.54) is 0 Å². The molecule has 1 aliphatic rings. The third-order valence-electron chi connectivity index (χ3n) is 2.38. The molecular weight excluding hydrogens is 290 g/mol. The number of hydrazone groups is 1. The Morgan fingerprint density at radius 1 is 1.68 bits per heavy atom. The van der Waals surface area contributed by atoms with Crippen LogP contribution in [0.15, 0.2) is 15.6 Å². The lowest BCUT2D eigenvalue weighted by atomic mass is 10.5. The lowest BCUT2D eigenvalue weighted by Crippen LogP contribution is -2.49. The Hall–Kier alpha value is -1.39. The van der Waals surface area contributed by atoms with E-state index >= 15 is 0 Å². The molecule has 19 heavy (non-hydrogen) atoms. The summed E-state index contributed by atoms with van der Waals surface area (Å²) in [6.45, 7) is 1.07. The summed E-state index contributed by atoms with van der Waals surface area (Å²) in [5.74, 6) is 0.301. The van der Waals surface area contributed by atoms with Gasteiger partial charge >= 0.3 is 0 Å². The third-order valence-corrected chi connectivity index (χ3v) is 4.36. The molecular formula is C9H13N5O3S2. The fourth-order valence-electron chi connectivity index (χ4n) is 1.62. The minimum atomic E-state index is -0.690. The first kappa shape index (κ1) is 14.0. The van der Waals surface area contributed by atoms with Crippen LogP contribution in [0.25, 0.3) is 0 Å². The van der Waals surface area contributed by atoms with E-state index in [0.717, 1.165) is 9.22 Å². The highest BCUT2D eigenvalue weighted by Gasteiger charge is 2.25. The monoisotopic (exact) mass is 303 g/mol. The SMILES string of the molecule is CSc1ncc(CN2COCN(C)/C2=N\[N+](=O)[O-])s1. The second-order valence-electron chi connectivity index (χ2n) is 3.79. The Labute approximate surface area is 118 Å². The number of hydrogen-bond donors (Lipinski definition) is 0. The minimum Gasteiger partial charge on any atom is -0.341 e. The standard InChI is InChI=1S/C9H13N5O3S2/c1-12-5-17-6-13(8(12)11-14(15)16)4-7-3-10-9(18-2)19-7/h3H,4-6H2,1-2H3/b11-8+. The van der Waals surface area contributed by atoms with Gasteiger partial charge in [-0.1, -0.05) is 11.8 Å². The first-order valence-electron chi connectivity index (χ1n) is 5.35. The third kappa shape index (κ3) is 3.55. The Kier molecular flexibility index (Phi) is 4.56. The van der Waals surface area contributed by atoms with Crippen LogP contribution in [-0.4, -0.2) is 52.5 Å². The Morgan fingerprint density at radius 3 is 3.11 bits per heavy atom. The summed E-state index contributed by atoms with van der Waals surface area (Å²) >= 11 is 3.13. The highest BCUT2D eigenvalue weighted by molar-refractivity contribution is 8.00. The fraction of sp³-hybridized carbons (Fsp3) is 0.556. The highest BCUT2D eigenvalue weighted by Crippen LogP contribution is 2.23. The highest BCUT2D eigenvalue weighted by atomic mass is 32.2. The number of hydrogen-bond acceptors (Lipinski definition) is 6. The van der Waals surface area contributed by atoms with Crippen molar-refractivity contribution in [3.63, 3.8) is 0 Å². The van der Waals surface area contributed by atoms with Gasteiger partial charge in [-0.15, -0.1) is 11.3 Å². The van der Waals surface area contributed by atoms with E-state index < -0.39 is 5.03 Å². The van der Waals surface area contributed by atoms with Crippen molar-refractivity contribution in [3.8, 4) is 0 Å². The van der Waals surface area contributed by atoms with Crippen LogP contribution in [0.1, 0.15) is 4.88 Å². The van der Waals surface area contributed by atoms with Gasteiger partial charge in [-0.2, -0.15) is 0 Å². The molecule has 0 saturated carbocycles. The van der Waals surface area contributed by atoms with E-state index in [9.17, 15) is 10.1 Å². The van der Waals surface area contributed by atoms with Crippen molar-refractivity contribution in [2.45, 2.75) is 10.9 Å². The van der Waals surface area contributed by atoms with Crippen LogP contribution in [0.2, 0.25) is 0 Å². The summed E-state index contributed by atoms with van der Waals surface area (Å²) in [5, 5.41) is 13.3. The lowest BCUT2D eigenvalue weighted by molar-refractivity contribution is -0.486. The van der Waals surface area contributed by atoms with Crippen LogP contribution < -0.4 is 0 Å². The zero-order chi connectivity index (χ0) is 13.8. The van der Waals surface area contributed by atoms with Gasteiger partial charge in [0.1, 0.15) is 22.9 Å². The Bertz CT molecular complexity index is 492. The molecule has 0 radical (unpaired) electrons.